The first-order chi connectivity index (χ1) is 31.9. The van der Waals surface area contributed by atoms with Gasteiger partial charge in [0.15, 0.2) is 0 Å². The predicted octanol–water partition coefficient (Wildman–Crippen LogP) is 16.0. The zero-order valence-electron chi connectivity index (χ0n) is 38.4. The minimum Gasteiger partial charge on any atom is -0.507 e. The summed E-state index contributed by atoms with van der Waals surface area (Å²) >= 11 is 0. The van der Waals surface area contributed by atoms with Crippen LogP contribution in [0.5, 0.6) is 5.75 Å². The van der Waals surface area contributed by atoms with Crippen LogP contribution in [0.3, 0.4) is 0 Å². The first-order valence-electron chi connectivity index (χ1n) is 22.8. The van der Waals surface area contributed by atoms with Crippen LogP contribution in [0.15, 0.2) is 206 Å². The molecule has 0 saturated heterocycles. The van der Waals surface area contributed by atoms with Gasteiger partial charge in [-0.25, -0.2) is 4.98 Å². The molecule has 0 saturated carbocycles. The Morgan fingerprint density at radius 1 is 0.453 bits per heavy atom. The third kappa shape index (κ3) is 7.69. The van der Waals surface area contributed by atoms with E-state index in [1.165, 1.54) is 11.1 Å². The predicted molar refractivity (Wildman–Crippen MR) is 267 cm³/mol. The summed E-state index contributed by atoms with van der Waals surface area (Å²) in [5, 5.41) is 11.4. The molecule has 0 radical (unpaired) electrons. The van der Waals surface area contributed by atoms with Crippen LogP contribution in [-0.2, 0) is 0 Å². The average molecular weight is 830 g/mol. The number of phenols is 1. The van der Waals surface area contributed by atoms with Crippen molar-refractivity contribution in [1.29, 1.82) is 0 Å². The molecule has 0 aliphatic carbocycles. The number of hydrogen-bond donors (Lipinski definition) is 1. The van der Waals surface area contributed by atoms with Crippen molar-refractivity contribution >= 4 is 11.0 Å². The number of para-hydroxylation sites is 2. The van der Waals surface area contributed by atoms with Crippen LogP contribution in [0.4, 0.5) is 0 Å². The quantitative estimate of drug-likeness (QED) is 0.149. The Balaban J connectivity index is 1.12. The lowest BCUT2D eigenvalue weighted by Crippen LogP contribution is -2.01. The van der Waals surface area contributed by atoms with Gasteiger partial charge in [0.2, 0.25) is 0 Å². The van der Waals surface area contributed by atoms with Gasteiger partial charge in [0, 0.05) is 25.8 Å². The van der Waals surface area contributed by atoms with E-state index in [1.807, 2.05) is 82.4 Å². The Morgan fingerprint density at radius 2 is 0.984 bits per heavy atom. The van der Waals surface area contributed by atoms with Crippen LogP contribution in [0.25, 0.3) is 95.0 Å². The lowest BCUT2D eigenvalue weighted by atomic mass is 9.85. The summed E-state index contributed by atoms with van der Waals surface area (Å²) < 4.78 is 20.2. The van der Waals surface area contributed by atoms with Crippen molar-refractivity contribution < 1.29 is 7.85 Å². The van der Waals surface area contributed by atoms with Gasteiger partial charge >= 0.3 is 0 Å². The second-order valence-corrected chi connectivity index (χ2v) is 16.8. The van der Waals surface area contributed by atoms with Gasteiger partial charge in [0.05, 0.1) is 22.3 Å². The Labute approximate surface area is 378 Å². The number of nitrogens with zero attached hydrogens (tertiary/aromatic N) is 3. The summed E-state index contributed by atoms with van der Waals surface area (Å²) in [5.74, 6) is -1.02. The van der Waals surface area contributed by atoms with Crippen molar-refractivity contribution in [2.45, 2.75) is 39.5 Å². The number of aromatic nitrogens is 3. The van der Waals surface area contributed by atoms with Crippen LogP contribution in [0.2, 0.25) is 0 Å². The van der Waals surface area contributed by atoms with E-state index in [2.05, 4.69) is 150 Å². The molecule has 2 heterocycles. The molecule has 0 atom stereocenters. The molecule has 310 valence electrons. The highest BCUT2D eigenvalue weighted by Gasteiger charge is 2.22. The number of hydrogen-bond acceptors (Lipinski definition) is 3. The molecule has 10 aromatic rings. The molecule has 0 bridgehead atoms. The smallest absolute Gasteiger partial charge is 0.149 e. The lowest BCUT2D eigenvalue weighted by molar-refractivity contribution is 0.477. The zero-order valence-corrected chi connectivity index (χ0v) is 36.4. The zero-order chi connectivity index (χ0) is 45.6. The van der Waals surface area contributed by atoms with Crippen molar-refractivity contribution in [3.8, 4) is 89.7 Å². The third-order valence-electron chi connectivity index (χ3n) is 12.1. The van der Waals surface area contributed by atoms with Crippen LogP contribution < -0.4 is 0 Å². The fraction of sp³-hybridized carbons (Fsp3) is 0.100. The highest BCUT2D eigenvalue weighted by Crippen LogP contribution is 2.41. The van der Waals surface area contributed by atoms with E-state index in [0.717, 1.165) is 83.6 Å². The van der Waals surface area contributed by atoms with Crippen molar-refractivity contribution in [3.05, 3.63) is 218 Å². The highest BCUT2D eigenvalue weighted by molar-refractivity contribution is 5.97. The Hall–Kier alpha value is -7.82. The van der Waals surface area contributed by atoms with Gasteiger partial charge in [-0.3, -0.25) is 9.55 Å². The van der Waals surface area contributed by atoms with Crippen LogP contribution >= 0.6 is 0 Å². The first kappa shape index (κ1) is 37.9. The molecule has 0 aliphatic heterocycles. The van der Waals surface area contributed by atoms with Crippen molar-refractivity contribution in [2.24, 2.45) is 0 Å². The molecule has 4 heteroatoms. The molecule has 2 aromatic heterocycles. The number of rotatable bonds is 10. The van der Waals surface area contributed by atoms with Gasteiger partial charge in [-0.2, -0.15) is 0 Å². The van der Waals surface area contributed by atoms with E-state index in [-0.39, 0.29) is 5.75 Å². The molecule has 1 N–H and O–H groups in total. The van der Waals surface area contributed by atoms with Crippen LogP contribution in [0.1, 0.15) is 53.4 Å². The summed E-state index contributed by atoms with van der Waals surface area (Å²) in [6.45, 7) is 7.58. The van der Waals surface area contributed by atoms with E-state index < -0.39 is 11.8 Å². The molecule has 0 aliphatic rings. The van der Waals surface area contributed by atoms with Gasteiger partial charge < -0.3 is 5.11 Å². The molecule has 0 unspecified atom stereocenters. The van der Waals surface area contributed by atoms with E-state index in [0.29, 0.717) is 11.4 Å². The minimum absolute atomic E-state index is 0.134. The fourth-order valence-corrected chi connectivity index (χ4v) is 8.89. The molecular weight excluding hydrogens is 779 g/mol. The average Bonchev–Trinajstić information content (AvgIpc) is 3.73. The normalized spacial score (nSPS) is 12.2. The maximum absolute atomic E-state index is 11.4. The molecule has 8 aromatic carbocycles. The first-order valence-corrected chi connectivity index (χ1v) is 21.8. The molecule has 10 rings (SSSR count). The Morgan fingerprint density at radius 3 is 1.64 bits per heavy atom. The fourth-order valence-electron chi connectivity index (χ4n) is 8.89. The van der Waals surface area contributed by atoms with Gasteiger partial charge in [-0.15, -0.1) is 0 Å². The molecular formula is C60H49N3O. The summed E-state index contributed by atoms with van der Waals surface area (Å²) in [5.41, 5.74) is 17.2. The number of pyridine rings is 1. The molecule has 0 fully saturated rings. The maximum atomic E-state index is 11.4. The van der Waals surface area contributed by atoms with E-state index in [4.69, 9.17) is 12.7 Å². The second-order valence-electron chi connectivity index (χ2n) is 16.8. The van der Waals surface area contributed by atoms with Gasteiger partial charge in [-0.1, -0.05) is 167 Å². The van der Waals surface area contributed by atoms with Crippen molar-refractivity contribution in [2.75, 3.05) is 0 Å². The maximum Gasteiger partial charge on any atom is 0.149 e. The van der Waals surface area contributed by atoms with E-state index >= 15 is 0 Å². The topological polar surface area (TPSA) is 50.9 Å². The third-order valence-corrected chi connectivity index (χ3v) is 12.1. The summed E-state index contributed by atoms with van der Waals surface area (Å²) in [4.78, 5) is 10.3. The summed E-state index contributed by atoms with van der Waals surface area (Å²) in [7, 11) is 0. The number of fused-ring (bicyclic) bond motifs is 1. The second kappa shape index (κ2) is 17.2. The highest BCUT2D eigenvalue weighted by atomic mass is 16.3. The van der Waals surface area contributed by atoms with E-state index in [9.17, 15) is 5.11 Å². The number of benzene rings is 8. The summed E-state index contributed by atoms with van der Waals surface area (Å²) in [6, 6.07) is 68.3. The van der Waals surface area contributed by atoms with E-state index in [1.54, 1.807) is 6.07 Å². The lowest BCUT2D eigenvalue weighted by Gasteiger charge is -2.20. The van der Waals surface area contributed by atoms with Gasteiger partial charge in [0.1, 0.15) is 11.6 Å². The van der Waals surface area contributed by atoms with Gasteiger partial charge in [-0.05, 0) is 134 Å². The molecule has 0 amide bonds. The molecule has 4 nitrogen and oxygen atoms in total. The van der Waals surface area contributed by atoms with Crippen LogP contribution in [0, 0.1) is 0 Å². The number of imidazole rings is 1. The van der Waals surface area contributed by atoms with Crippen molar-refractivity contribution in [3.63, 3.8) is 0 Å². The minimum atomic E-state index is -0.879. The standard InChI is InChI=1S/C60H49N3O/c1-39(2)51-20-13-21-52(40(3)4)58(51)45-29-31-50(32-30-45)63-56-23-14-22-53(59(56)62-60(63)54-19-11-12-24-57(54)64)48-35-47(42-17-9-6-10-18-42)36-49(37-48)55-38-46(33-34-61-55)44-27-25-43(26-28-44)41-15-7-5-8-16-41/h5-40,64H,1-4H3/i39D,40D. The SMILES string of the molecule is [2H]C(C)(C)c1cccc(C([2H])(C)C)c1-c1ccc(-n2c(-c3ccccc3O)nc3c(-c4cc(-c5ccccc5)cc(-c5cc(-c6ccc(-c7ccccc7)cc6)ccn5)c4)cccc32)cc1. The molecule has 64 heavy (non-hydrogen) atoms. The Kier molecular flexibility index (Phi) is 10.2. The number of phenolic OH excluding ortho intramolecular Hbond substituents is 1. The Bertz CT molecular complexity index is 3330. The summed E-state index contributed by atoms with van der Waals surface area (Å²) in [6.07, 6.45) is 1.89. The van der Waals surface area contributed by atoms with Crippen LogP contribution in [-0.4, -0.2) is 19.6 Å². The number of aromatic hydroxyl groups is 1. The van der Waals surface area contributed by atoms with Gasteiger partial charge in [0.25, 0.3) is 0 Å². The largest absolute Gasteiger partial charge is 0.507 e. The molecule has 0 spiro atoms. The monoisotopic (exact) mass is 829 g/mol. The van der Waals surface area contributed by atoms with Crippen molar-refractivity contribution in [1.82, 2.24) is 14.5 Å².